The van der Waals surface area contributed by atoms with Gasteiger partial charge < -0.3 is 14.6 Å². The molecule has 0 radical (unpaired) electrons. The Balaban J connectivity index is 1.39. The number of nitrogens with zero attached hydrogens (tertiary/aromatic N) is 1. The summed E-state index contributed by atoms with van der Waals surface area (Å²) in [5.41, 5.74) is 5.66. The SMILES string of the molecule is N#Cc1ccc2c(c1Cc1ccc(F)cc1)CC[C@H]2Oc1ccc2c(c1)OC[C@H]2CC(=O)O. The van der Waals surface area contributed by atoms with Crippen molar-refractivity contribution in [2.45, 2.75) is 37.7 Å². The van der Waals surface area contributed by atoms with Gasteiger partial charge in [0.05, 0.1) is 24.7 Å². The van der Waals surface area contributed by atoms with E-state index in [4.69, 9.17) is 14.6 Å². The van der Waals surface area contributed by atoms with Gasteiger partial charge in [-0.05, 0) is 65.8 Å². The zero-order chi connectivity index (χ0) is 22.9. The Labute approximate surface area is 191 Å². The van der Waals surface area contributed by atoms with E-state index in [0.29, 0.717) is 30.1 Å². The first-order valence-corrected chi connectivity index (χ1v) is 11.0. The molecule has 0 amide bonds. The van der Waals surface area contributed by atoms with E-state index in [0.717, 1.165) is 40.7 Å². The largest absolute Gasteiger partial charge is 0.492 e. The lowest BCUT2D eigenvalue weighted by molar-refractivity contribution is -0.137. The van der Waals surface area contributed by atoms with Crippen molar-refractivity contribution in [3.63, 3.8) is 0 Å². The molecule has 1 N–H and O–H groups in total. The molecule has 6 heteroatoms. The van der Waals surface area contributed by atoms with E-state index >= 15 is 0 Å². The maximum atomic E-state index is 13.3. The summed E-state index contributed by atoms with van der Waals surface area (Å²) in [7, 11) is 0. The summed E-state index contributed by atoms with van der Waals surface area (Å²) in [6.07, 6.45) is 2.06. The third-order valence-electron chi connectivity index (χ3n) is 6.45. The number of rotatable bonds is 6. The number of ether oxygens (including phenoxy) is 2. The highest BCUT2D eigenvalue weighted by Gasteiger charge is 2.30. The molecule has 2 atom stereocenters. The third kappa shape index (κ3) is 4.14. The van der Waals surface area contributed by atoms with Crippen LogP contribution in [0, 0.1) is 17.1 Å². The molecule has 3 aromatic carbocycles. The van der Waals surface area contributed by atoms with Gasteiger partial charge in [0.1, 0.15) is 23.4 Å². The van der Waals surface area contributed by atoms with E-state index in [-0.39, 0.29) is 24.3 Å². The molecule has 3 aromatic rings. The standard InChI is InChI=1S/C27H22FNO4/c28-19-4-1-16(2-5-19)11-24-17(14-29)3-7-23-22(24)9-10-25(23)33-20-6-8-21-18(12-27(30)31)15-32-26(21)13-20/h1-8,13,18,25H,9-12,15H2,(H,30,31)/t18-,25-/m1/s1. The molecule has 1 aliphatic carbocycles. The molecule has 5 nitrogen and oxygen atoms in total. The minimum atomic E-state index is -0.840. The highest BCUT2D eigenvalue weighted by molar-refractivity contribution is 5.68. The minimum absolute atomic E-state index is 0.0429. The summed E-state index contributed by atoms with van der Waals surface area (Å²) in [5.74, 6) is 0.0872. The molecule has 166 valence electrons. The first kappa shape index (κ1) is 21.0. The van der Waals surface area contributed by atoms with Gasteiger partial charge >= 0.3 is 5.97 Å². The number of carboxylic acids is 1. The second kappa shape index (κ2) is 8.59. The lowest BCUT2D eigenvalue weighted by atomic mass is 9.92. The van der Waals surface area contributed by atoms with Crippen LogP contribution in [-0.4, -0.2) is 17.7 Å². The van der Waals surface area contributed by atoms with Crippen molar-refractivity contribution >= 4 is 5.97 Å². The van der Waals surface area contributed by atoms with Crippen molar-refractivity contribution in [2.24, 2.45) is 0 Å². The van der Waals surface area contributed by atoms with Crippen LogP contribution in [0.5, 0.6) is 11.5 Å². The Kier molecular flexibility index (Phi) is 5.47. The average Bonchev–Trinajstić information content (AvgIpc) is 3.39. The van der Waals surface area contributed by atoms with Crippen molar-refractivity contribution in [3.8, 4) is 17.6 Å². The lowest BCUT2D eigenvalue weighted by Gasteiger charge is -2.17. The van der Waals surface area contributed by atoms with Crippen LogP contribution in [0.3, 0.4) is 0 Å². The third-order valence-corrected chi connectivity index (χ3v) is 6.45. The molecule has 0 saturated carbocycles. The van der Waals surface area contributed by atoms with E-state index in [9.17, 15) is 14.4 Å². The van der Waals surface area contributed by atoms with Gasteiger partial charge in [-0.2, -0.15) is 5.26 Å². The number of carbonyl (C=O) groups is 1. The minimum Gasteiger partial charge on any atom is -0.492 e. The van der Waals surface area contributed by atoms with Gasteiger partial charge in [0.2, 0.25) is 0 Å². The van der Waals surface area contributed by atoms with Crippen LogP contribution in [0.2, 0.25) is 0 Å². The molecule has 1 heterocycles. The molecular formula is C27H22FNO4. The van der Waals surface area contributed by atoms with Crippen molar-refractivity contribution in [1.29, 1.82) is 5.26 Å². The van der Waals surface area contributed by atoms with E-state index in [2.05, 4.69) is 6.07 Å². The average molecular weight is 443 g/mol. The Bertz CT molecular complexity index is 1260. The molecule has 0 spiro atoms. The van der Waals surface area contributed by atoms with Crippen molar-refractivity contribution in [3.05, 3.63) is 93.8 Å². The molecule has 33 heavy (non-hydrogen) atoms. The zero-order valence-electron chi connectivity index (χ0n) is 17.9. The summed E-state index contributed by atoms with van der Waals surface area (Å²) in [6, 6.07) is 18.1. The van der Waals surface area contributed by atoms with Crippen LogP contribution in [0.4, 0.5) is 4.39 Å². The van der Waals surface area contributed by atoms with Gasteiger partial charge in [0.25, 0.3) is 0 Å². The molecule has 0 fully saturated rings. The number of benzene rings is 3. The highest BCUT2D eigenvalue weighted by Crippen LogP contribution is 2.42. The summed E-state index contributed by atoms with van der Waals surface area (Å²) in [4.78, 5) is 11.1. The smallest absolute Gasteiger partial charge is 0.304 e. The number of halogens is 1. The van der Waals surface area contributed by atoms with Crippen molar-refractivity contribution in [2.75, 3.05) is 6.61 Å². The van der Waals surface area contributed by atoms with Crippen molar-refractivity contribution < 1.29 is 23.8 Å². The first-order valence-electron chi connectivity index (χ1n) is 11.0. The number of hydrogen-bond donors (Lipinski definition) is 1. The van der Waals surface area contributed by atoms with E-state index < -0.39 is 5.97 Å². The molecule has 5 rings (SSSR count). The molecule has 0 aromatic heterocycles. The molecule has 0 saturated heterocycles. The highest BCUT2D eigenvalue weighted by atomic mass is 19.1. The van der Waals surface area contributed by atoms with Crippen LogP contribution in [0.1, 0.15) is 58.2 Å². The van der Waals surface area contributed by atoms with Crippen LogP contribution in [0.15, 0.2) is 54.6 Å². The lowest BCUT2D eigenvalue weighted by Crippen LogP contribution is -2.07. The number of aliphatic carboxylic acids is 1. The Hall–Kier alpha value is -3.85. The molecule has 0 bridgehead atoms. The normalized spacial score (nSPS) is 18.2. The molecular weight excluding hydrogens is 421 g/mol. The number of fused-ring (bicyclic) bond motifs is 2. The summed E-state index contributed by atoms with van der Waals surface area (Å²) in [6.45, 7) is 0.362. The monoisotopic (exact) mass is 443 g/mol. The molecule has 1 aliphatic heterocycles. The second-order valence-corrected chi connectivity index (χ2v) is 8.53. The Morgan fingerprint density at radius 1 is 1.15 bits per heavy atom. The van der Waals surface area contributed by atoms with Gasteiger partial charge in [-0.3, -0.25) is 4.79 Å². The predicted octanol–water partition coefficient (Wildman–Crippen LogP) is 5.31. The van der Waals surface area contributed by atoms with E-state index in [1.165, 1.54) is 12.1 Å². The Morgan fingerprint density at radius 3 is 2.70 bits per heavy atom. The van der Waals surface area contributed by atoms with Gasteiger partial charge in [0.15, 0.2) is 0 Å². The fourth-order valence-corrected chi connectivity index (χ4v) is 4.85. The zero-order valence-corrected chi connectivity index (χ0v) is 17.9. The fourth-order valence-electron chi connectivity index (χ4n) is 4.85. The number of hydrogen-bond acceptors (Lipinski definition) is 4. The second-order valence-electron chi connectivity index (χ2n) is 8.53. The van der Waals surface area contributed by atoms with Crippen LogP contribution in [-0.2, 0) is 17.6 Å². The predicted molar refractivity (Wildman–Crippen MR) is 119 cm³/mol. The van der Waals surface area contributed by atoms with Gasteiger partial charge in [-0.15, -0.1) is 0 Å². The van der Waals surface area contributed by atoms with E-state index in [1.54, 1.807) is 12.1 Å². The Morgan fingerprint density at radius 2 is 1.94 bits per heavy atom. The summed E-state index contributed by atoms with van der Waals surface area (Å²) in [5, 5.41) is 18.7. The first-order chi connectivity index (χ1) is 16.0. The van der Waals surface area contributed by atoms with Gasteiger partial charge in [0, 0.05) is 17.5 Å². The maximum absolute atomic E-state index is 13.3. The molecule has 2 aliphatic rings. The quantitative estimate of drug-likeness (QED) is 0.559. The number of carboxylic acid groups (broad SMARTS) is 1. The maximum Gasteiger partial charge on any atom is 0.304 e. The fraction of sp³-hybridized carbons (Fsp3) is 0.259. The van der Waals surface area contributed by atoms with Crippen LogP contribution < -0.4 is 9.47 Å². The topological polar surface area (TPSA) is 79.5 Å². The number of nitriles is 1. The van der Waals surface area contributed by atoms with Gasteiger partial charge in [-0.1, -0.05) is 24.3 Å². The van der Waals surface area contributed by atoms with Crippen LogP contribution in [0.25, 0.3) is 0 Å². The summed E-state index contributed by atoms with van der Waals surface area (Å²) >= 11 is 0. The van der Waals surface area contributed by atoms with Crippen LogP contribution >= 0.6 is 0 Å². The van der Waals surface area contributed by atoms with Crippen molar-refractivity contribution in [1.82, 2.24) is 0 Å². The molecule has 0 unspecified atom stereocenters. The summed E-state index contributed by atoms with van der Waals surface area (Å²) < 4.78 is 25.3. The van der Waals surface area contributed by atoms with Gasteiger partial charge in [-0.25, -0.2) is 4.39 Å². The van der Waals surface area contributed by atoms with E-state index in [1.807, 2.05) is 30.3 Å².